The van der Waals surface area contributed by atoms with Gasteiger partial charge in [0, 0.05) is 34.7 Å². The Morgan fingerprint density at radius 1 is 1.23 bits per heavy atom. The third-order valence-corrected chi connectivity index (χ3v) is 7.18. The summed E-state index contributed by atoms with van der Waals surface area (Å²) < 4.78 is 28.4. The van der Waals surface area contributed by atoms with Crippen LogP contribution >= 0.6 is 0 Å². The lowest BCUT2D eigenvalue weighted by atomic mass is 9.58. The van der Waals surface area contributed by atoms with Crippen LogP contribution in [0.4, 0.5) is 8.78 Å². The lowest BCUT2D eigenvalue weighted by molar-refractivity contribution is -0.117. The molecule has 5 rings (SSSR count). The quantitative estimate of drug-likeness (QED) is 0.468. The van der Waals surface area contributed by atoms with Gasteiger partial charge in [0.15, 0.2) is 11.6 Å². The number of allylic oxidation sites excluding steroid dienone is 2. The van der Waals surface area contributed by atoms with E-state index in [-0.39, 0.29) is 29.4 Å². The van der Waals surface area contributed by atoms with Crippen molar-refractivity contribution in [1.29, 1.82) is 5.26 Å². The highest BCUT2D eigenvalue weighted by molar-refractivity contribution is 6.00. The van der Waals surface area contributed by atoms with E-state index in [0.29, 0.717) is 35.5 Å². The van der Waals surface area contributed by atoms with E-state index >= 15 is 4.39 Å². The summed E-state index contributed by atoms with van der Waals surface area (Å²) in [6, 6.07) is 11.9. The molecule has 7 heteroatoms. The van der Waals surface area contributed by atoms with Crippen molar-refractivity contribution in [2.75, 3.05) is 0 Å². The van der Waals surface area contributed by atoms with Crippen LogP contribution in [-0.2, 0) is 23.3 Å². The number of benzene rings is 1. The van der Waals surface area contributed by atoms with E-state index in [1.54, 1.807) is 36.4 Å². The number of halogens is 2. The first kappa shape index (κ1) is 23.0. The number of rotatable bonds is 5. The van der Waals surface area contributed by atoms with Gasteiger partial charge in [0.05, 0.1) is 22.7 Å². The molecule has 176 valence electrons. The molecule has 0 fully saturated rings. The van der Waals surface area contributed by atoms with Gasteiger partial charge in [-0.25, -0.2) is 18.7 Å². The summed E-state index contributed by atoms with van der Waals surface area (Å²) in [6.07, 6.45) is 6.43. The van der Waals surface area contributed by atoms with Crippen molar-refractivity contribution in [3.8, 4) is 28.7 Å². The van der Waals surface area contributed by atoms with Crippen LogP contribution in [0.25, 0.3) is 22.6 Å². The van der Waals surface area contributed by atoms with Crippen molar-refractivity contribution in [3.63, 3.8) is 0 Å². The standard InChI is InChI=1S/C28H24F2N4O/c1-2-10-28-14-18(16-31)24(35)13-19(28)7-8-22-25(21-5-3-4-6-23(21)30)33-27(34-26(22)28)17-9-11-32-20(12-17)15-29/h3-6,9,11-12,14,19H,2,7-8,10,13,15H2,1H3/t19-,28-/m1/s1. The number of fused-ring (bicyclic) bond motifs is 3. The first-order valence-corrected chi connectivity index (χ1v) is 11.8. The van der Waals surface area contributed by atoms with Crippen molar-refractivity contribution in [2.45, 2.75) is 51.1 Å². The Labute approximate surface area is 202 Å². The molecule has 5 nitrogen and oxygen atoms in total. The highest BCUT2D eigenvalue weighted by Crippen LogP contribution is 2.51. The molecule has 0 saturated heterocycles. The molecule has 2 atom stereocenters. The molecular formula is C28H24F2N4O. The number of alkyl halides is 1. The molecule has 2 heterocycles. The Bertz CT molecular complexity index is 1390. The molecule has 2 aromatic heterocycles. The first-order chi connectivity index (χ1) is 17.0. The van der Waals surface area contributed by atoms with Crippen LogP contribution < -0.4 is 0 Å². The topological polar surface area (TPSA) is 79.5 Å². The van der Waals surface area contributed by atoms with Crippen LogP contribution in [0.3, 0.4) is 0 Å². The van der Waals surface area contributed by atoms with Crippen LogP contribution in [0.1, 0.15) is 49.6 Å². The van der Waals surface area contributed by atoms with Crippen LogP contribution in [0.5, 0.6) is 0 Å². The van der Waals surface area contributed by atoms with Gasteiger partial charge < -0.3 is 0 Å². The second kappa shape index (κ2) is 9.10. The largest absolute Gasteiger partial charge is 0.293 e. The lowest BCUT2D eigenvalue weighted by Crippen LogP contribution is -2.43. The molecule has 0 unspecified atom stereocenters. The number of ketones is 1. The van der Waals surface area contributed by atoms with Crippen LogP contribution in [0, 0.1) is 23.1 Å². The van der Waals surface area contributed by atoms with E-state index in [1.165, 1.54) is 12.3 Å². The third kappa shape index (κ3) is 3.83. The lowest BCUT2D eigenvalue weighted by Gasteiger charge is -2.45. The number of aromatic nitrogens is 3. The average Bonchev–Trinajstić information content (AvgIpc) is 2.88. The smallest absolute Gasteiger partial charge is 0.173 e. The molecule has 1 aromatic carbocycles. The number of hydrogen-bond donors (Lipinski definition) is 0. The van der Waals surface area contributed by atoms with Gasteiger partial charge in [0.1, 0.15) is 18.6 Å². The van der Waals surface area contributed by atoms with Crippen molar-refractivity contribution < 1.29 is 13.6 Å². The Morgan fingerprint density at radius 2 is 2.06 bits per heavy atom. The molecule has 2 aliphatic carbocycles. The van der Waals surface area contributed by atoms with Gasteiger partial charge in [-0.1, -0.05) is 31.6 Å². The third-order valence-electron chi connectivity index (χ3n) is 7.18. The van der Waals surface area contributed by atoms with Gasteiger partial charge in [-0.2, -0.15) is 5.26 Å². The number of Topliss-reactive ketones (excluding diaryl/α,β-unsaturated/α-hetero) is 1. The second-order valence-corrected chi connectivity index (χ2v) is 9.20. The van der Waals surface area contributed by atoms with E-state index in [9.17, 15) is 14.4 Å². The minimum Gasteiger partial charge on any atom is -0.293 e. The summed E-state index contributed by atoms with van der Waals surface area (Å²) in [5, 5.41) is 9.68. The zero-order valence-electron chi connectivity index (χ0n) is 19.4. The monoisotopic (exact) mass is 470 g/mol. The summed E-state index contributed by atoms with van der Waals surface area (Å²) >= 11 is 0. The predicted octanol–water partition coefficient (Wildman–Crippen LogP) is 5.84. The van der Waals surface area contributed by atoms with Crippen molar-refractivity contribution in [2.24, 2.45) is 5.92 Å². The Morgan fingerprint density at radius 3 is 2.80 bits per heavy atom. The molecular weight excluding hydrogens is 446 g/mol. The molecule has 0 aliphatic heterocycles. The van der Waals surface area contributed by atoms with E-state index in [1.807, 2.05) is 0 Å². The zero-order chi connectivity index (χ0) is 24.6. The van der Waals surface area contributed by atoms with Gasteiger partial charge >= 0.3 is 0 Å². The highest BCUT2D eigenvalue weighted by atomic mass is 19.1. The molecule has 0 amide bonds. The molecule has 0 radical (unpaired) electrons. The minimum atomic E-state index is -0.725. The predicted molar refractivity (Wildman–Crippen MR) is 127 cm³/mol. The Kier molecular flexibility index (Phi) is 5.98. The average molecular weight is 471 g/mol. The number of hydrogen-bond acceptors (Lipinski definition) is 5. The van der Waals surface area contributed by atoms with Crippen molar-refractivity contribution >= 4 is 5.78 Å². The number of pyridine rings is 1. The van der Waals surface area contributed by atoms with Crippen molar-refractivity contribution in [3.05, 3.63) is 77.0 Å². The normalized spacial score (nSPS) is 21.0. The van der Waals surface area contributed by atoms with Crippen LogP contribution in [0.15, 0.2) is 54.2 Å². The molecule has 0 bridgehead atoms. The van der Waals surface area contributed by atoms with E-state index in [4.69, 9.17) is 9.97 Å². The fourth-order valence-corrected chi connectivity index (χ4v) is 5.62. The van der Waals surface area contributed by atoms with E-state index < -0.39 is 17.9 Å². The Hall–Kier alpha value is -3.79. The van der Waals surface area contributed by atoms with Gasteiger partial charge in [0.2, 0.25) is 0 Å². The molecule has 3 aromatic rings. The maximum Gasteiger partial charge on any atom is 0.173 e. The first-order valence-electron chi connectivity index (χ1n) is 11.8. The maximum atomic E-state index is 15.0. The van der Waals surface area contributed by atoms with Gasteiger partial charge in [-0.15, -0.1) is 0 Å². The number of nitriles is 1. The fourth-order valence-electron chi connectivity index (χ4n) is 5.62. The summed E-state index contributed by atoms with van der Waals surface area (Å²) in [5.74, 6) is -0.191. The SMILES string of the molecule is CCC[C@@]12C=C(C#N)C(=O)C[C@H]1CCc1c(-c3ccccc3F)nc(-c3ccnc(CF)c3)nc12. The van der Waals surface area contributed by atoms with E-state index in [2.05, 4.69) is 18.0 Å². The summed E-state index contributed by atoms with van der Waals surface area (Å²) in [5.41, 5.74) is 2.80. The number of carbonyl (C=O) groups excluding carboxylic acids is 1. The minimum absolute atomic E-state index is 0.00499. The fraction of sp³-hybridized carbons (Fsp3) is 0.321. The van der Waals surface area contributed by atoms with Crippen molar-refractivity contribution in [1.82, 2.24) is 15.0 Å². The molecule has 0 saturated carbocycles. The number of nitrogens with zero attached hydrogens (tertiary/aromatic N) is 4. The van der Waals surface area contributed by atoms with E-state index in [0.717, 1.165) is 24.1 Å². The zero-order valence-corrected chi connectivity index (χ0v) is 19.4. The highest BCUT2D eigenvalue weighted by Gasteiger charge is 2.48. The van der Waals surface area contributed by atoms with Gasteiger partial charge in [0.25, 0.3) is 0 Å². The van der Waals surface area contributed by atoms with Gasteiger partial charge in [-0.3, -0.25) is 9.78 Å². The number of carbonyl (C=O) groups is 1. The second-order valence-electron chi connectivity index (χ2n) is 9.20. The molecule has 35 heavy (non-hydrogen) atoms. The Balaban J connectivity index is 1.84. The molecule has 0 N–H and O–H groups in total. The summed E-state index contributed by atoms with van der Waals surface area (Å²) in [7, 11) is 0. The van der Waals surface area contributed by atoms with Crippen LogP contribution in [-0.4, -0.2) is 20.7 Å². The van der Waals surface area contributed by atoms with Crippen LogP contribution in [0.2, 0.25) is 0 Å². The van der Waals surface area contributed by atoms with Gasteiger partial charge in [-0.05, 0) is 49.4 Å². The summed E-state index contributed by atoms with van der Waals surface area (Å²) in [4.78, 5) is 26.4. The molecule has 2 aliphatic rings. The molecule has 0 spiro atoms. The summed E-state index contributed by atoms with van der Waals surface area (Å²) in [6.45, 7) is 1.34. The maximum absolute atomic E-state index is 15.0.